The minimum absolute atomic E-state index is 0.219. The van der Waals surface area contributed by atoms with Crippen LogP contribution in [-0.2, 0) is 14.3 Å². The molecule has 0 radical (unpaired) electrons. The molecular formula is C25H42O3. The summed E-state index contributed by atoms with van der Waals surface area (Å²) in [6.07, 6.45) is 12.1. The standard InChI is InChI=1S/C25H42O3/c1-5-13-27-18-9-11-24(3)17(15-18)16-21(26)23-19-7-8-22(28-14-6-2)25(19,4)12-10-20(23)24/h17-20,22-23H,5-16H2,1-4H3/t17-,18+,19-,20-,22+,23+,24+,25+/m1/s1. The predicted octanol–water partition coefficient (Wildman–Crippen LogP) is 5.80. The molecule has 28 heavy (non-hydrogen) atoms. The van der Waals surface area contributed by atoms with E-state index >= 15 is 0 Å². The lowest BCUT2D eigenvalue weighted by atomic mass is 9.45. The van der Waals surface area contributed by atoms with Crippen molar-refractivity contribution in [3.8, 4) is 0 Å². The molecule has 0 saturated heterocycles. The van der Waals surface area contributed by atoms with Crippen LogP contribution in [0.25, 0.3) is 0 Å². The number of hydrogen-bond acceptors (Lipinski definition) is 3. The molecule has 160 valence electrons. The summed E-state index contributed by atoms with van der Waals surface area (Å²) >= 11 is 0. The van der Waals surface area contributed by atoms with Crippen molar-refractivity contribution in [2.75, 3.05) is 13.2 Å². The lowest BCUT2D eigenvalue weighted by Gasteiger charge is -2.60. The number of rotatable bonds is 6. The molecule has 0 unspecified atom stereocenters. The maximum Gasteiger partial charge on any atom is 0.136 e. The van der Waals surface area contributed by atoms with Gasteiger partial charge in [-0.05, 0) is 86.4 Å². The molecule has 4 saturated carbocycles. The van der Waals surface area contributed by atoms with Crippen molar-refractivity contribution in [3.05, 3.63) is 0 Å². The Balaban J connectivity index is 1.52. The van der Waals surface area contributed by atoms with E-state index in [4.69, 9.17) is 9.47 Å². The van der Waals surface area contributed by atoms with E-state index in [0.29, 0.717) is 47.1 Å². The van der Waals surface area contributed by atoms with E-state index < -0.39 is 0 Å². The summed E-state index contributed by atoms with van der Waals surface area (Å²) in [5.74, 6) is 2.55. The Hall–Kier alpha value is -0.410. The van der Waals surface area contributed by atoms with Gasteiger partial charge in [0.2, 0.25) is 0 Å². The van der Waals surface area contributed by atoms with Crippen LogP contribution in [0.1, 0.15) is 91.9 Å². The van der Waals surface area contributed by atoms with Gasteiger partial charge < -0.3 is 9.47 Å². The second kappa shape index (κ2) is 8.02. The first-order chi connectivity index (χ1) is 13.4. The molecule has 0 bridgehead atoms. The van der Waals surface area contributed by atoms with Crippen LogP contribution in [0.5, 0.6) is 0 Å². The molecule has 4 aliphatic rings. The molecule has 0 amide bonds. The number of fused-ring (bicyclic) bond motifs is 5. The fraction of sp³-hybridized carbons (Fsp3) is 0.960. The third kappa shape index (κ3) is 3.29. The fourth-order valence-electron chi connectivity index (χ4n) is 7.81. The second-order valence-corrected chi connectivity index (χ2v) is 10.9. The Morgan fingerprint density at radius 2 is 1.57 bits per heavy atom. The van der Waals surface area contributed by atoms with E-state index in [2.05, 4.69) is 27.7 Å². The van der Waals surface area contributed by atoms with Gasteiger partial charge in [0.15, 0.2) is 0 Å². The lowest BCUT2D eigenvalue weighted by molar-refractivity contribution is -0.166. The van der Waals surface area contributed by atoms with E-state index in [1.807, 2.05) is 0 Å². The zero-order chi connectivity index (χ0) is 19.9. The SMILES string of the molecule is CCCO[C@H]1CC[C@@]2(C)[C@@H](CC(=O)[C@@H]3[C@H]2CC[C@]2(C)[C@@H](OCCC)CC[C@H]32)C1. The van der Waals surface area contributed by atoms with Crippen molar-refractivity contribution in [2.24, 2.45) is 34.5 Å². The molecule has 3 heteroatoms. The van der Waals surface area contributed by atoms with Crippen LogP contribution in [0, 0.1) is 34.5 Å². The van der Waals surface area contributed by atoms with Crippen LogP contribution in [0.3, 0.4) is 0 Å². The average Bonchev–Trinajstić information content (AvgIpc) is 3.01. The van der Waals surface area contributed by atoms with Gasteiger partial charge in [0.1, 0.15) is 5.78 Å². The third-order valence-corrected chi connectivity index (χ3v) is 9.42. The summed E-state index contributed by atoms with van der Waals surface area (Å²) in [6.45, 7) is 11.1. The van der Waals surface area contributed by atoms with Gasteiger partial charge in [0, 0.05) is 25.6 Å². The Labute approximate surface area is 172 Å². The van der Waals surface area contributed by atoms with Gasteiger partial charge in [-0.25, -0.2) is 0 Å². The quantitative estimate of drug-likeness (QED) is 0.575. The molecule has 3 nitrogen and oxygen atoms in total. The first-order valence-corrected chi connectivity index (χ1v) is 12.2. The lowest BCUT2D eigenvalue weighted by Crippen LogP contribution is -2.57. The van der Waals surface area contributed by atoms with Crippen molar-refractivity contribution in [1.82, 2.24) is 0 Å². The predicted molar refractivity (Wildman–Crippen MR) is 112 cm³/mol. The molecule has 4 aliphatic carbocycles. The molecule has 4 rings (SSSR count). The Bertz CT molecular complexity index is 574. The number of Topliss-reactive ketones (excluding diaryl/α,β-unsaturated/α-hetero) is 1. The highest BCUT2D eigenvalue weighted by atomic mass is 16.5. The Morgan fingerprint density at radius 1 is 0.893 bits per heavy atom. The molecule has 0 heterocycles. The maximum absolute atomic E-state index is 13.5. The summed E-state index contributed by atoms with van der Waals surface area (Å²) < 4.78 is 12.4. The summed E-state index contributed by atoms with van der Waals surface area (Å²) in [7, 11) is 0. The smallest absolute Gasteiger partial charge is 0.136 e. The average molecular weight is 391 g/mol. The Kier molecular flexibility index (Phi) is 5.97. The zero-order valence-corrected chi connectivity index (χ0v) is 18.7. The van der Waals surface area contributed by atoms with Crippen LogP contribution in [0.15, 0.2) is 0 Å². The van der Waals surface area contributed by atoms with Crippen molar-refractivity contribution >= 4 is 5.78 Å². The van der Waals surface area contributed by atoms with Crippen molar-refractivity contribution in [1.29, 1.82) is 0 Å². The molecule has 0 N–H and O–H groups in total. The van der Waals surface area contributed by atoms with Crippen LogP contribution < -0.4 is 0 Å². The van der Waals surface area contributed by atoms with Crippen LogP contribution >= 0.6 is 0 Å². The van der Waals surface area contributed by atoms with Gasteiger partial charge in [-0.15, -0.1) is 0 Å². The summed E-state index contributed by atoms with van der Waals surface area (Å²) in [4.78, 5) is 13.5. The van der Waals surface area contributed by atoms with Gasteiger partial charge >= 0.3 is 0 Å². The van der Waals surface area contributed by atoms with E-state index in [1.54, 1.807) is 0 Å². The largest absolute Gasteiger partial charge is 0.378 e. The minimum Gasteiger partial charge on any atom is -0.378 e. The molecule has 8 atom stereocenters. The highest BCUT2D eigenvalue weighted by molar-refractivity contribution is 5.83. The Morgan fingerprint density at radius 3 is 2.32 bits per heavy atom. The summed E-state index contributed by atoms with van der Waals surface area (Å²) in [5, 5.41) is 0. The maximum atomic E-state index is 13.5. The molecule has 0 aromatic carbocycles. The van der Waals surface area contributed by atoms with E-state index in [-0.39, 0.29) is 5.41 Å². The normalized spacial score (nSPS) is 48.1. The molecule has 0 aromatic rings. The first kappa shape index (κ1) is 20.8. The van der Waals surface area contributed by atoms with E-state index in [1.165, 1.54) is 32.1 Å². The minimum atomic E-state index is 0.219. The topological polar surface area (TPSA) is 35.5 Å². The summed E-state index contributed by atoms with van der Waals surface area (Å²) in [6, 6.07) is 0. The van der Waals surface area contributed by atoms with Gasteiger partial charge in [0.25, 0.3) is 0 Å². The molecular weight excluding hydrogens is 348 g/mol. The van der Waals surface area contributed by atoms with E-state index in [0.717, 1.165) is 45.3 Å². The van der Waals surface area contributed by atoms with E-state index in [9.17, 15) is 4.79 Å². The third-order valence-electron chi connectivity index (χ3n) is 9.42. The van der Waals surface area contributed by atoms with Gasteiger partial charge in [-0.1, -0.05) is 27.7 Å². The number of carbonyl (C=O) groups is 1. The molecule has 0 spiro atoms. The van der Waals surface area contributed by atoms with Crippen molar-refractivity contribution in [3.63, 3.8) is 0 Å². The molecule has 0 aromatic heterocycles. The number of hydrogen-bond donors (Lipinski definition) is 0. The number of ether oxygens (including phenoxy) is 2. The molecule has 0 aliphatic heterocycles. The highest BCUT2D eigenvalue weighted by Crippen LogP contribution is 2.65. The second-order valence-electron chi connectivity index (χ2n) is 10.9. The first-order valence-electron chi connectivity index (χ1n) is 12.2. The zero-order valence-electron chi connectivity index (χ0n) is 18.7. The number of carbonyl (C=O) groups excluding carboxylic acids is 1. The molecule has 4 fully saturated rings. The van der Waals surface area contributed by atoms with Crippen LogP contribution in [-0.4, -0.2) is 31.2 Å². The van der Waals surface area contributed by atoms with Crippen molar-refractivity contribution in [2.45, 2.75) is 104 Å². The van der Waals surface area contributed by atoms with Gasteiger partial charge in [0.05, 0.1) is 12.2 Å². The number of ketones is 1. The fourth-order valence-corrected chi connectivity index (χ4v) is 7.81. The highest BCUT2D eigenvalue weighted by Gasteiger charge is 2.63. The summed E-state index contributed by atoms with van der Waals surface area (Å²) in [5.41, 5.74) is 0.560. The van der Waals surface area contributed by atoms with Crippen LogP contribution in [0.4, 0.5) is 0 Å². The van der Waals surface area contributed by atoms with Gasteiger partial charge in [-0.3, -0.25) is 4.79 Å². The van der Waals surface area contributed by atoms with Crippen molar-refractivity contribution < 1.29 is 14.3 Å². The monoisotopic (exact) mass is 390 g/mol. The van der Waals surface area contributed by atoms with Gasteiger partial charge in [-0.2, -0.15) is 0 Å². The van der Waals surface area contributed by atoms with Crippen LogP contribution in [0.2, 0.25) is 0 Å².